The number of hydrogen-bond acceptors (Lipinski definition) is 1. The van der Waals surface area contributed by atoms with Crippen LogP contribution in [0.2, 0.25) is 5.02 Å². The van der Waals surface area contributed by atoms with Crippen molar-refractivity contribution in [3.05, 3.63) is 33.2 Å². The molecule has 0 radical (unpaired) electrons. The van der Waals surface area contributed by atoms with Crippen molar-refractivity contribution in [1.29, 1.82) is 0 Å². The van der Waals surface area contributed by atoms with E-state index in [1.165, 1.54) is 6.20 Å². The summed E-state index contributed by atoms with van der Waals surface area (Å²) in [6, 6.07) is 1.65. The van der Waals surface area contributed by atoms with Crippen molar-refractivity contribution >= 4 is 27.5 Å². The minimum absolute atomic E-state index is 0.135. The van der Waals surface area contributed by atoms with Crippen LogP contribution in [-0.4, -0.2) is 4.98 Å². The zero-order chi connectivity index (χ0) is 7.56. The van der Waals surface area contributed by atoms with Crippen LogP contribution in [0.5, 0.6) is 0 Å². The highest BCUT2D eigenvalue weighted by molar-refractivity contribution is 9.08. The molecule has 0 saturated heterocycles. The smallest absolute Gasteiger partial charge is 0.253 e. The van der Waals surface area contributed by atoms with Gasteiger partial charge in [0.25, 0.3) is 5.56 Å². The van der Waals surface area contributed by atoms with Crippen LogP contribution in [0.15, 0.2) is 17.1 Å². The summed E-state index contributed by atoms with van der Waals surface area (Å²) in [4.78, 5) is 13.4. The first-order valence-corrected chi connectivity index (χ1v) is 4.17. The molecule has 1 heterocycles. The van der Waals surface area contributed by atoms with Gasteiger partial charge in [-0.1, -0.05) is 27.5 Å². The summed E-state index contributed by atoms with van der Waals surface area (Å²) in [5.41, 5.74) is 0.438. The molecule has 2 nitrogen and oxygen atoms in total. The van der Waals surface area contributed by atoms with Crippen LogP contribution in [0, 0.1) is 0 Å². The normalized spacial score (nSPS) is 9.80. The summed E-state index contributed by atoms with van der Waals surface area (Å²) in [5.74, 6) is 0. The van der Waals surface area contributed by atoms with Gasteiger partial charge in [-0.3, -0.25) is 4.79 Å². The summed E-state index contributed by atoms with van der Waals surface area (Å²) in [6.45, 7) is 0. The van der Waals surface area contributed by atoms with E-state index in [0.717, 1.165) is 0 Å². The third-order valence-electron chi connectivity index (χ3n) is 1.14. The summed E-state index contributed by atoms with van der Waals surface area (Å²) in [7, 11) is 0. The molecule has 0 saturated carbocycles. The zero-order valence-corrected chi connectivity index (χ0v) is 7.37. The Bertz CT molecular complexity index is 283. The molecule has 4 heteroatoms. The molecule has 1 N–H and O–H groups in total. The van der Waals surface area contributed by atoms with Crippen LogP contribution in [-0.2, 0) is 5.33 Å². The number of rotatable bonds is 1. The molecule has 0 spiro atoms. The first-order valence-electron chi connectivity index (χ1n) is 2.67. The van der Waals surface area contributed by atoms with Gasteiger partial charge in [0.15, 0.2) is 0 Å². The number of nitrogens with one attached hydrogen (secondary N) is 1. The Kier molecular flexibility index (Phi) is 2.51. The first kappa shape index (κ1) is 7.82. The van der Waals surface area contributed by atoms with E-state index >= 15 is 0 Å². The lowest BCUT2D eigenvalue weighted by molar-refractivity contribution is 1.17. The molecule has 0 atom stereocenters. The SMILES string of the molecule is O=c1[nH]ccc(Cl)c1CBr. The Morgan fingerprint density at radius 1 is 1.70 bits per heavy atom. The van der Waals surface area contributed by atoms with Crippen molar-refractivity contribution < 1.29 is 0 Å². The van der Waals surface area contributed by atoms with E-state index < -0.39 is 0 Å². The van der Waals surface area contributed by atoms with Crippen LogP contribution in [0.1, 0.15) is 5.56 Å². The van der Waals surface area contributed by atoms with Gasteiger partial charge < -0.3 is 4.98 Å². The molecule has 10 heavy (non-hydrogen) atoms. The minimum atomic E-state index is -0.135. The fraction of sp³-hybridized carbons (Fsp3) is 0.167. The average Bonchev–Trinajstić information content (AvgIpc) is 1.88. The Labute approximate surface area is 71.3 Å². The Balaban J connectivity index is 3.31. The predicted octanol–water partition coefficient (Wildman–Crippen LogP) is 1.92. The third kappa shape index (κ3) is 1.41. The number of aromatic nitrogens is 1. The molecule has 54 valence electrons. The van der Waals surface area contributed by atoms with E-state index in [9.17, 15) is 4.79 Å². The van der Waals surface area contributed by atoms with E-state index in [-0.39, 0.29) is 5.56 Å². The molecule has 0 bridgehead atoms. The van der Waals surface area contributed by atoms with Crippen LogP contribution in [0.3, 0.4) is 0 Å². The Morgan fingerprint density at radius 2 is 2.40 bits per heavy atom. The van der Waals surface area contributed by atoms with E-state index in [4.69, 9.17) is 11.6 Å². The van der Waals surface area contributed by atoms with Gasteiger partial charge in [-0.2, -0.15) is 0 Å². The van der Waals surface area contributed by atoms with Crippen LogP contribution in [0.4, 0.5) is 0 Å². The summed E-state index contributed by atoms with van der Waals surface area (Å²) in [5, 5.41) is 0.989. The van der Waals surface area contributed by atoms with Crippen molar-refractivity contribution in [2.24, 2.45) is 0 Å². The molecule has 0 unspecified atom stereocenters. The van der Waals surface area contributed by atoms with Gasteiger partial charge in [0.2, 0.25) is 0 Å². The molecule has 0 amide bonds. The lowest BCUT2D eigenvalue weighted by Gasteiger charge is -1.94. The second kappa shape index (κ2) is 3.21. The predicted molar refractivity (Wildman–Crippen MR) is 44.7 cm³/mol. The van der Waals surface area contributed by atoms with Crippen molar-refractivity contribution in [2.75, 3.05) is 0 Å². The average molecular weight is 222 g/mol. The lowest BCUT2D eigenvalue weighted by atomic mass is 10.3. The second-order valence-electron chi connectivity index (χ2n) is 1.77. The molecule has 0 aliphatic carbocycles. The van der Waals surface area contributed by atoms with Crippen molar-refractivity contribution in [2.45, 2.75) is 5.33 Å². The van der Waals surface area contributed by atoms with E-state index in [1.54, 1.807) is 6.07 Å². The van der Waals surface area contributed by atoms with Gasteiger partial charge in [-0.25, -0.2) is 0 Å². The fourth-order valence-corrected chi connectivity index (χ4v) is 1.54. The van der Waals surface area contributed by atoms with Crippen molar-refractivity contribution in [1.82, 2.24) is 4.98 Å². The quantitative estimate of drug-likeness (QED) is 0.724. The molecule has 0 aromatic carbocycles. The largest absolute Gasteiger partial charge is 0.329 e. The van der Waals surface area contributed by atoms with Crippen LogP contribution >= 0.6 is 27.5 Å². The van der Waals surface area contributed by atoms with E-state index in [2.05, 4.69) is 20.9 Å². The molecule has 1 rings (SSSR count). The zero-order valence-electron chi connectivity index (χ0n) is 5.03. The monoisotopic (exact) mass is 221 g/mol. The molecule has 0 aliphatic rings. The number of H-pyrrole nitrogens is 1. The minimum Gasteiger partial charge on any atom is -0.329 e. The van der Waals surface area contributed by atoms with E-state index in [0.29, 0.717) is 15.9 Å². The van der Waals surface area contributed by atoms with Gasteiger partial charge >= 0.3 is 0 Å². The molecule has 0 fully saturated rings. The molecular formula is C6H5BrClNO. The Morgan fingerprint density at radius 3 is 2.80 bits per heavy atom. The van der Waals surface area contributed by atoms with Crippen molar-refractivity contribution in [3.8, 4) is 0 Å². The number of halogens is 2. The second-order valence-corrected chi connectivity index (χ2v) is 2.73. The lowest BCUT2D eigenvalue weighted by Crippen LogP contribution is -2.09. The number of hydrogen-bond donors (Lipinski definition) is 1. The molecule has 1 aromatic heterocycles. The topological polar surface area (TPSA) is 32.9 Å². The highest BCUT2D eigenvalue weighted by atomic mass is 79.9. The van der Waals surface area contributed by atoms with Crippen LogP contribution < -0.4 is 5.56 Å². The summed E-state index contributed by atoms with van der Waals surface area (Å²) in [6.07, 6.45) is 1.52. The third-order valence-corrected chi connectivity index (χ3v) is 2.05. The van der Waals surface area contributed by atoms with Gasteiger partial charge in [-0.05, 0) is 6.07 Å². The first-order chi connectivity index (χ1) is 4.75. The fourth-order valence-electron chi connectivity index (χ4n) is 0.611. The molecule has 1 aromatic rings. The number of alkyl halides is 1. The Hall–Kier alpha value is -0.280. The number of aromatic amines is 1. The molecule has 0 aliphatic heterocycles. The summed E-state index contributed by atoms with van der Waals surface area (Å²) >= 11 is 8.83. The van der Waals surface area contributed by atoms with Crippen molar-refractivity contribution in [3.63, 3.8) is 0 Å². The molecular weight excluding hydrogens is 217 g/mol. The van der Waals surface area contributed by atoms with Gasteiger partial charge in [0.1, 0.15) is 0 Å². The van der Waals surface area contributed by atoms with Gasteiger partial charge in [0, 0.05) is 17.1 Å². The van der Waals surface area contributed by atoms with Gasteiger partial charge in [-0.15, -0.1) is 0 Å². The maximum absolute atomic E-state index is 10.9. The van der Waals surface area contributed by atoms with Crippen LogP contribution in [0.25, 0.3) is 0 Å². The standard InChI is InChI=1S/C6H5BrClNO/c7-3-4-5(8)1-2-9-6(4)10/h1-2H,3H2,(H,9,10). The highest BCUT2D eigenvalue weighted by Crippen LogP contribution is 2.12. The number of pyridine rings is 1. The van der Waals surface area contributed by atoms with Gasteiger partial charge in [0.05, 0.1) is 5.02 Å². The maximum atomic E-state index is 10.9. The maximum Gasteiger partial charge on any atom is 0.253 e. The summed E-state index contributed by atoms with van der Waals surface area (Å²) < 4.78 is 0. The highest BCUT2D eigenvalue weighted by Gasteiger charge is 2.00. The van der Waals surface area contributed by atoms with E-state index in [1.807, 2.05) is 0 Å².